The molecule has 0 bridgehead atoms. The number of carbonyl (C=O) groups is 1. The second-order valence-corrected chi connectivity index (χ2v) is 6.64. The molecule has 4 aromatic rings. The van der Waals surface area contributed by atoms with Gasteiger partial charge in [0.15, 0.2) is 0 Å². The first-order valence-electron chi connectivity index (χ1n) is 9.20. The Kier molecular flexibility index (Phi) is 5.33. The molecular formula is C21H21N7O. The van der Waals surface area contributed by atoms with Crippen molar-refractivity contribution in [3.8, 4) is 11.5 Å². The zero-order valence-electron chi connectivity index (χ0n) is 16.0. The molecule has 0 unspecified atom stereocenters. The van der Waals surface area contributed by atoms with Crippen molar-refractivity contribution in [2.45, 2.75) is 13.1 Å². The summed E-state index contributed by atoms with van der Waals surface area (Å²) in [4.78, 5) is 22.4. The molecule has 0 aliphatic heterocycles. The van der Waals surface area contributed by atoms with Crippen molar-refractivity contribution in [3.63, 3.8) is 0 Å². The quantitative estimate of drug-likeness (QED) is 0.552. The van der Waals surface area contributed by atoms with E-state index in [1.54, 1.807) is 41.5 Å². The molecule has 8 heteroatoms. The Morgan fingerprint density at radius 3 is 2.69 bits per heavy atom. The number of hydrogen-bond acceptors (Lipinski definition) is 4. The number of hydrogen-bond donors (Lipinski definition) is 1. The fourth-order valence-electron chi connectivity index (χ4n) is 2.89. The fourth-order valence-corrected chi connectivity index (χ4v) is 2.89. The summed E-state index contributed by atoms with van der Waals surface area (Å²) in [5.74, 6) is 0.783. The monoisotopic (exact) mass is 387 g/mol. The van der Waals surface area contributed by atoms with Crippen LogP contribution in [0, 0.1) is 0 Å². The fraction of sp³-hybridized carbons (Fsp3) is 0.143. The van der Waals surface area contributed by atoms with Gasteiger partial charge in [-0.05, 0) is 23.8 Å². The summed E-state index contributed by atoms with van der Waals surface area (Å²) in [5, 5.41) is 7.28. The van der Waals surface area contributed by atoms with E-state index in [1.807, 2.05) is 59.4 Å². The first-order chi connectivity index (χ1) is 14.2. The molecule has 29 heavy (non-hydrogen) atoms. The summed E-state index contributed by atoms with van der Waals surface area (Å²) >= 11 is 0. The molecule has 0 radical (unpaired) electrons. The summed E-state index contributed by atoms with van der Waals surface area (Å²) in [7, 11) is 1.76. The number of carbonyl (C=O) groups excluding carboxylic acids is 1. The van der Waals surface area contributed by atoms with Crippen molar-refractivity contribution in [1.29, 1.82) is 0 Å². The Bertz CT molecular complexity index is 1060. The molecule has 1 aromatic carbocycles. The van der Waals surface area contributed by atoms with Crippen LogP contribution < -0.4 is 5.32 Å². The van der Waals surface area contributed by atoms with Crippen molar-refractivity contribution in [3.05, 3.63) is 90.9 Å². The van der Waals surface area contributed by atoms with E-state index in [0.29, 0.717) is 13.1 Å². The molecule has 4 rings (SSSR count). The maximum Gasteiger partial charge on any atom is 0.317 e. The summed E-state index contributed by atoms with van der Waals surface area (Å²) in [6.45, 7) is 0.875. The van der Waals surface area contributed by atoms with Gasteiger partial charge in [-0.2, -0.15) is 5.10 Å². The number of nitrogens with one attached hydrogen (secondary N) is 1. The van der Waals surface area contributed by atoms with E-state index in [2.05, 4.69) is 20.4 Å². The summed E-state index contributed by atoms with van der Waals surface area (Å²) in [5.41, 5.74) is 2.86. The lowest BCUT2D eigenvalue weighted by Gasteiger charge is -2.17. The highest BCUT2D eigenvalue weighted by Crippen LogP contribution is 2.10. The van der Waals surface area contributed by atoms with Crippen LogP contribution in [0.1, 0.15) is 11.1 Å². The first kappa shape index (κ1) is 18.4. The van der Waals surface area contributed by atoms with Crippen molar-refractivity contribution >= 4 is 6.03 Å². The van der Waals surface area contributed by atoms with E-state index in [0.717, 1.165) is 22.6 Å². The van der Waals surface area contributed by atoms with Gasteiger partial charge in [0.2, 0.25) is 0 Å². The number of aromatic nitrogens is 5. The van der Waals surface area contributed by atoms with Crippen molar-refractivity contribution < 1.29 is 4.79 Å². The van der Waals surface area contributed by atoms with E-state index in [9.17, 15) is 4.79 Å². The number of urea groups is 1. The molecule has 3 heterocycles. The standard InChI is InChI=1S/C21H21N7O/c1-26(14-18-13-25-28(15-18)19-5-3-2-4-6-19)21(29)24-12-17-7-8-20(23-11-17)27-10-9-22-16-27/h2-11,13,15-16H,12,14H2,1H3,(H,24,29). The Balaban J connectivity index is 1.30. The largest absolute Gasteiger partial charge is 0.334 e. The minimum Gasteiger partial charge on any atom is -0.334 e. The van der Waals surface area contributed by atoms with E-state index in [1.165, 1.54) is 0 Å². The van der Waals surface area contributed by atoms with Gasteiger partial charge < -0.3 is 10.2 Å². The third-order valence-electron chi connectivity index (χ3n) is 4.45. The Hall–Kier alpha value is -3.94. The molecular weight excluding hydrogens is 366 g/mol. The van der Waals surface area contributed by atoms with E-state index in [4.69, 9.17) is 0 Å². The van der Waals surface area contributed by atoms with Crippen LogP contribution in [0.3, 0.4) is 0 Å². The van der Waals surface area contributed by atoms with Gasteiger partial charge in [0.25, 0.3) is 0 Å². The average Bonchev–Trinajstić information content (AvgIpc) is 3.45. The molecule has 146 valence electrons. The van der Waals surface area contributed by atoms with Gasteiger partial charge in [0, 0.05) is 43.9 Å². The highest BCUT2D eigenvalue weighted by atomic mass is 16.2. The number of amides is 2. The van der Waals surface area contributed by atoms with Gasteiger partial charge >= 0.3 is 6.03 Å². The lowest BCUT2D eigenvalue weighted by molar-refractivity contribution is 0.206. The molecule has 0 aliphatic rings. The van der Waals surface area contributed by atoms with E-state index in [-0.39, 0.29) is 6.03 Å². The van der Waals surface area contributed by atoms with Gasteiger partial charge in [-0.25, -0.2) is 19.4 Å². The van der Waals surface area contributed by atoms with Crippen LogP contribution in [0.4, 0.5) is 4.79 Å². The lowest BCUT2D eigenvalue weighted by atomic mass is 10.3. The Morgan fingerprint density at radius 2 is 1.97 bits per heavy atom. The normalized spacial score (nSPS) is 10.7. The third-order valence-corrected chi connectivity index (χ3v) is 4.45. The van der Waals surface area contributed by atoms with Crippen LogP contribution in [0.15, 0.2) is 79.8 Å². The molecule has 3 aromatic heterocycles. The minimum atomic E-state index is -0.156. The zero-order valence-corrected chi connectivity index (χ0v) is 16.0. The highest BCUT2D eigenvalue weighted by Gasteiger charge is 2.11. The molecule has 0 atom stereocenters. The van der Waals surface area contributed by atoms with Crippen LogP contribution in [0.25, 0.3) is 11.5 Å². The van der Waals surface area contributed by atoms with Gasteiger partial charge in [-0.1, -0.05) is 24.3 Å². The van der Waals surface area contributed by atoms with Gasteiger partial charge in [0.1, 0.15) is 12.1 Å². The number of para-hydroxylation sites is 1. The second-order valence-electron chi connectivity index (χ2n) is 6.64. The Morgan fingerprint density at radius 1 is 1.10 bits per heavy atom. The number of rotatable bonds is 6. The minimum absolute atomic E-state index is 0.156. The average molecular weight is 387 g/mol. The number of imidazole rings is 1. The summed E-state index contributed by atoms with van der Waals surface area (Å²) < 4.78 is 3.63. The van der Waals surface area contributed by atoms with E-state index < -0.39 is 0 Å². The maximum absolute atomic E-state index is 12.4. The topological polar surface area (TPSA) is 80.9 Å². The number of benzene rings is 1. The molecule has 0 saturated carbocycles. The van der Waals surface area contributed by atoms with Crippen molar-refractivity contribution in [2.75, 3.05) is 7.05 Å². The van der Waals surface area contributed by atoms with Crippen molar-refractivity contribution in [1.82, 2.24) is 34.5 Å². The van der Waals surface area contributed by atoms with Crippen LogP contribution in [0.5, 0.6) is 0 Å². The molecule has 8 nitrogen and oxygen atoms in total. The maximum atomic E-state index is 12.4. The third kappa shape index (κ3) is 4.49. The number of pyridine rings is 1. The molecule has 0 saturated heterocycles. The van der Waals surface area contributed by atoms with Gasteiger partial charge in [-0.3, -0.25) is 4.57 Å². The van der Waals surface area contributed by atoms with Crippen molar-refractivity contribution in [2.24, 2.45) is 0 Å². The second kappa shape index (κ2) is 8.39. The lowest BCUT2D eigenvalue weighted by Crippen LogP contribution is -2.36. The predicted molar refractivity (Wildman–Crippen MR) is 109 cm³/mol. The van der Waals surface area contributed by atoms with Crippen LogP contribution >= 0.6 is 0 Å². The van der Waals surface area contributed by atoms with Crippen LogP contribution in [-0.2, 0) is 13.1 Å². The van der Waals surface area contributed by atoms with E-state index >= 15 is 0 Å². The summed E-state index contributed by atoms with van der Waals surface area (Å²) in [6.07, 6.45) is 10.7. The van der Waals surface area contributed by atoms with Gasteiger partial charge in [-0.15, -0.1) is 0 Å². The smallest absolute Gasteiger partial charge is 0.317 e. The SMILES string of the molecule is CN(Cc1cnn(-c2ccccc2)c1)C(=O)NCc1ccc(-n2ccnc2)nc1. The van der Waals surface area contributed by atoms with Crippen LogP contribution in [0.2, 0.25) is 0 Å². The van der Waals surface area contributed by atoms with Crippen LogP contribution in [-0.4, -0.2) is 42.3 Å². The summed E-state index contributed by atoms with van der Waals surface area (Å²) in [6, 6.07) is 13.5. The molecule has 0 aliphatic carbocycles. The number of nitrogens with zero attached hydrogens (tertiary/aromatic N) is 6. The predicted octanol–water partition coefficient (Wildman–Crippen LogP) is 2.79. The molecule has 0 spiro atoms. The zero-order chi connectivity index (χ0) is 20.1. The molecule has 1 N–H and O–H groups in total. The first-order valence-corrected chi connectivity index (χ1v) is 9.20. The Labute approximate surface area is 168 Å². The molecule has 2 amide bonds. The highest BCUT2D eigenvalue weighted by molar-refractivity contribution is 5.73. The molecule has 0 fully saturated rings. The van der Waals surface area contributed by atoms with Gasteiger partial charge in [0.05, 0.1) is 18.4 Å².